The van der Waals surface area contributed by atoms with Gasteiger partial charge in [-0.15, -0.1) is 0 Å². The lowest BCUT2D eigenvalue weighted by Crippen LogP contribution is -2.25. The van der Waals surface area contributed by atoms with Gasteiger partial charge in [-0.3, -0.25) is 4.79 Å². The Morgan fingerprint density at radius 1 is 1.53 bits per heavy atom. The van der Waals surface area contributed by atoms with Crippen molar-refractivity contribution in [3.63, 3.8) is 0 Å². The van der Waals surface area contributed by atoms with Crippen LogP contribution < -0.4 is 9.47 Å². The summed E-state index contributed by atoms with van der Waals surface area (Å²) in [7, 11) is 1.55. The molecule has 1 aromatic rings. The van der Waals surface area contributed by atoms with E-state index in [1.807, 2.05) is 0 Å². The number of methoxy groups -OCH3 is 1. The van der Waals surface area contributed by atoms with Crippen LogP contribution in [-0.4, -0.2) is 19.0 Å². The quantitative estimate of drug-likeness (QED) is 0.828. The van der Waals surface area contributed by atoms with E-state index in [-0.39, 0.29) is 16.7 Å². The number of benzene rings is 1. The van der Waals surface area contributed by atoms with E-state index in [1.165, 1.54) is 6.08 Å². The van der Waals surface area contributed by atoms with Crippen molar-refractivity contribution in [1.82, 2.24) is 0 Å². The monoisotopic (exact) mass is 272 g/mol. The standard InChI is InChI=1S/C12H10Cl2O3/c1-16-7-2-3-11-9(4-7)10(15)5-8(17-11)6-12(13)14/h2-4,6,8H,5H2,1H3. The van der Waals surface area contributed by atoms with Crippen molar-refractivity contribution in [2.24, 2.45) is 0 Å². The van der Waals surface area contributed by atoms with Crippen LogP contribution in [0.25, 0.3) is 0 Å². The molecule has 0 saturated carbocycles. The van der Waals surface area contributed by atoms with Crippen molar-refractivity contribution in [3.05, 3.63) is 34.3 Å². The van der Waals surface area contributed by atoms with Crippen LogP contribution in [0.3, 0.4) is 0 Å². The molecule has 0 radical (unpaired) electrons. The molecule has 0 bridgehead atoms. The van der Waals surface area contributed by atoms with E-state index in [2.05, 4.69) is 0 Å². The SMILES string of the molecule is COc1ccc2c(c1)C(=O)CC(C=C(Cl)Cl)O2. The predicted molar refractivity (Wildman–Crippen MR) is 66.1 cm³/mol. The zero-order chi connectivity index (χ0) is 12.4. The predicted octanol–water partition coefficient (Wildman–Crippen LogP) is 3.35. The fourth-order valence-electron chi connectivity index (χ4n) is 1.69. The zero-order valence-corrected chi connectivity index (χ0v) is 10.6. The lowest BCUT2D eigenvalue weighted by Gasteiger charge is -2.23. The van der Waals surface area contributed by atoms with Gasteiger partial charge in [0.2, 0.25) is 0 Å². The average Bonchev–Trinajstić information content (AvgIpc) is 2.28. The fourth-order valence-corrected chi connectivity index (χ4v) is 1.97. The number of ketones is 1. The Kier molecular flexibility index (Phi) is 3.60. The smallest absolute Gasteiger partial charge is 0.170 e. The van der Waals surface area contributed by atoms with Gasteiger partial charge in [0.25, 0.3) is 0 Å². The molecule has 2 rings (SSSR count). The van der Waals surface area contributed by atoms with Crippen LogP contribution >= 0.6 is 23.2 Å². The molecular formula is C12H10Cl2O3. The molecule has 3 nitrogen and oxygen atoms in total. The van der Waals surface area contributed by atoms with E-state index in [0.717, 1.165) is 0 Å². The van der Waals surface area contributed by atoms with Crippen molar-refractivity contribution in [2.45, 2.75) is 12.5 Å². The lowest BCUT2D eigenvalue weighted by molar-refractivity contribution is 0.0893. The van der Waals surface area contributed by atoms with Crippen LogP contribution in [0.5, 0.6) is 11.5 Å². The molecule has 1 unspecified atom stereocenters. The summed E-state index contributed by atoms with van der Waals surface area (Å²) in [5.41, 5.74) is 0.527. The number of Topliss-reactive ketones (excluding diaryl/α,β-unsaturated/α-hetero) is 1. The van der Waals surface area contributed by atoms with Crippen molar-refractivity contribution >= 4 is 29.0 Å². The third-order valence-electron chi connectivity index (χ3n) is 2.46. The van der Waals surface area contributed by atoms with Crippen LogP contribution in [0.15, 0.2) is 28.8 Å². The Labute approximate surface area is 109 Å². The number of hydrogen-bond donors (Lipinski definition) is 0. The number of halogens is 2. The second-order valence-corrected chi connectivity index (χ2v) is 4.61. The molecule has 5 heteroatoms. The van der Waals surface area contributed by atoms with Gasteiger partial charge in [0.05, 0.1) is 19.1 Å². The summed E-state index contributed by atoms with van der Waals surface area (Å²) in [6.07, 6.45) is 1.32. The molecule has 0 fully saturated rings. The number of ether oxygens (including phenoxy) is 2. The Bertz CT molecular complexity index is 479. The largest absolute Gasteiger partial charge is 0.497 e. The summed E-state index contributed by atoms with van der Waals surface area (Å²) >= 11 is 11.1. The van der Waals surface area contributed by atoms with Gasteiger partial charge in [-0.25, -0.2) is 0 Å². The Hall–Kier alpha value is -1.19. The number of hydrogen-bond acceptors (Lipinski definition) is 3. The maximum Gasteiger partial charge on any atom is 0.170 e. The third kappa shape index (κ3) is 2.73. The second kappa shape index (κ2) is 4.98. The molecule has 1 aliphatic heterocycles. The first-order valence-electron chi connectivity index (χ1n) is 5.01. The molecule has 1 aromatic carbocycles. The van der Waals surface area contributed by atoms with Gasteiger partial charge in [-0.05, 0) is 24.3 Å². The van der Waals surface area contributed by atoms with E-state index in [0.29, 0.717) is 17.1 Å². The summed E-state index contributed by atoms with van der Waals surface area (Å²) in [4.78, 5) is 11.9. The van der Waals surface area contributed by atoms with Gasteiger partial charge in [0.1, 0.15) is 22.1 Å². The molecule has 1 heterocycles. The summed E-state index contributed by atoms with van der Waals surface area (Å²) in [6.45, 7) is 0. The van der Waals surface area contributed by atoms with E-state index in [9.17, 15) is 4.79 Å². The number of carbonyl (C=O) groups excluding carboxylic acids is 1. The molecule has 0 aromatic heterocycles. The van der Waals surface area contributed by atoms with Crippen LogP contribution in [-0.2, 0) is 0 Å². The highest BCUT2D eigenvalue weighted by molar-refractivity contribution is 6.55. The van der Waals surface area contributed by atoms with E-state index in [4.69, 9.17) is 32.7 Å². The number of fused-ring (bicyclic) bond motifs is 1. The average molecular weight is 273 g/mol. The molecule has 0 N–H and O–H groups in total. The molecule has 17 heavy (non-hydrogen) atoms. The molecule has 0 amide bonds. The van der Waals surface area contributed by atoms with Crippen LogP contribution in [0.4, 0.5) is 0 Å². The normalized spacial score (nSPS) is 18.1. The van der Waals surface area contributed by atoms with Crippen LogP contribution in [0, 0.1) is 0 Å². The summed E-state index contributed by atoms with van der Waals surface area (Å²) in [5.74, 6) is 1.14. The summed E-state index contributed by atoms with van der Waals surface area (Å²) < 4.78 is 10.7. The van der Waals surface area contributed by atoms with Gasteiger partial charge in [-0.2, -0.15) is 0 Å². The van der Waals surface area contributed by atoms with Gasteiger partial charge < -0.3 is 9.47 Å². The minimum Gasteiger partial charge on any atom is -0.497 e. The highest BCUT2D eigenvalue weighted by Crippen LogP contribution is 2.31. The molecule has 1 aliphatic rings. The number of carbonyl (C=O) groups is 1. The topological polar surface area (TPSA) is 35.5 Å². The van der Waals surface area contributed by atoms with Crippen molar-refractivity contribution < 1.29 is 14.3 Å². The molecule has 0 aliphatic carbocycles. The molecule has 0 spiro atoms. The van der Waals surface area contributed by atoms with E-state index in [1.54, 1.807) is 25.3 Å². The summed E-state index contributed by atoms with van der Waals surface area (Å²) in [6, 6.07) is 5.11. The Morgan fingerprint density at radius 2 is 2.29 bits per heavy atom. The Balaban J connectivity index is 2.32. The Morgan fingerprint density at radius 3 is 2.94 bits per heavy atom. The molecule has 90 valence electrons. The number of rotatable bonds is 2. The third-order valence-corrected chi connectivity index (χ3v) is 2.72. The lowest BCUT2D eigenvalue weighted by atomic mass is 10.0. The second-order valence-electron chi connectivity index (χ2n) is 3.60. The van der Waals surface area contributed by atoms with Crippen molar-refractivity contribution in [2.75, 3.05) is 7.11 Å². The highest BCUT2D eigenvalue weighted by atomic mass is 35.5. The molecule has 0 saturated heterocycles. The minimum atomic E-state index is -0.409. The maximum atomic E-state index is 11.9. The summed E-state index contributed by atoms with van der Waals surface area (Å²) in [5, 5.41) is 0. The van der Waals surface area contributed by atoms with Crippen molar-refractivity contribution in [3.8, 4) is 11.5 Å². The maximum absolute atomic E-state index is 11.9. The fraction of sp³-hybridized carbons (Fsp3) is 0.250. The zero-order valence-electron chi connectivity index (χ0n) is 9.07. The molecular weight excluding hydrogens is 263 g/mol. The minimum absolute atomic E-state index is 0.0130. The van der Waals surface area contributed by atoms with Gasteiger partial charge >= 0.3 is 0 Å². The van der Waals surface area contributed by atoms with E-state index < -0.39 is 6.10 Å². The first-order chi connectivity index (χ1) is 8.10. The van der Waals surface area contributed by atoms with Gasteiger partial charge in [0, 0.05) is 0 Å². The van der Waals surface area contributed by atoms with Crippen molar-refractivity contribution in [1.29, 1.82) is 0 Å². The first kappa shape index (κ1) is 12.3. The van der Waals surface area contributed by atoms with E-state index >= 15 is 0 Å². The molecule has 1 atom stereocenters. The van der Waals surface area contributed by atoms with Gasteiger partial charge in [-0.1, -0.05) is 23.2 Å². The van der Waals surface area contributed by atoms with Crippen LogP contribution in [0.2, 0.25) is 0 Å². The van der Waals surface area contributed by atoms with Crippen LogP contribution in [0.1, 0.15) is 16.8 Å². The first-order valence-corrected chi connectivity index (χ1v) is 5.76. The highest BCUT2D eigenvalue weighted by Gasteiger charge is 2.25. The van der Waals surface area contributed by atoms with Gasteiger partial charge in [0.15, 0.2) is 5.78 Å².